The maximum atomic E-state index is 11.6. The van der Waals surface area contributed by atoms with E-state index in [9.17, 15) is 4.79 Å². The Balaban J connectivity index is 3.15. The molecule has 1 amide bonds. The largest absolute Gasteiger partial charge is 0.380 e. The number of thiol groups is 1. The lowest BCUT2D eigenvalue weighted by Crippen LogP contribution is -2.28. The van der Waals surface area contributed by atoms with Gasteiger partial charge in [-0.3, -0.25) is 4.79 Å². The maximum absolute atomic E-state index is 11.6. The molecule has 174 valence electrons. The minimum absolute atomic E-state index is 0.0232. The number of amides is 1. The summed E-state index contributed by atoms with van der Waals surface area (Å²) in [6.07, 6.45) is 1.39. The highest BCUT2D eigenvalue weighted by Crippen LogP contribution is 1.98. The van der Waals surface area contributed by atoms with Crippen LogP contribution in [0.3, 0.4) is 0 Å². The highest BCUT2D eigenvalue weighted by Gasteiger charge is 2.01. The SMILES string of the molecule is CC(C)CCOCCNC(=O)CCOCCOCCOCCOCCNC(C)S. The molecule has 0 spiro atoms. The van der Waals surface area contributed by atoms with Gasteiger partial charge < -0.3 is 34.3 Å². The standard InChI is InChI=1S/C20H42N2O6S/c1-18(2)4-8-24-11-7-22-20(23)5-9-25-12-14-27-16-17-28-15-13-26-10-6-21-19(3)29/h18-19,21,29H,4-17H2,1-3H3,(H,22,23). The molecule has 0 aromatic carbocycles. The van der Waals surface area contributed by atoms with Crippen LogP contribution < -0.4 is 10.6 Å². The highest BCUT2D eigenvalue weighted by molar-refractivity contribution is 7.80. The predicted molar refractivity (Wildman–Crippen MR) is 118 cm³/mol. The van der Waals surface area contributed by atoms with Crippen LogP contribution in [0, 0.1) is 5.92 Å². The first-order valence-electron chi connectivity index (χ1n) is 10.6. The van der Waals surface area contributed by atoms with E-state index in [0.29, 0.717) is 78.3 Å². The number of ether oxygens (including phenoxy) is 5. The van der Waals surface area contributed by atoms with E-state index in [4.69, 9.17) is 23.7 Å². The quantitative estimate of drug-likeness (QED) is 0.134. The summed E-state index contributed by atoms with van der Waals surface area (Å²) in [4.78, 5) is 11.6. The Morgan fingerprint density at radius 2 is 1.21 bits per heavy atom. The van der Waals surface area contributed by atoms with Crippen molar-refractivity contribution >= 4 is 18.5 Å². The van der Waals surface area contributed by atoms with Crippen LogP contribution in [0.15, 0.2) is 0 Å². The van der Waals surface area contributed by atoms with Gasteiger partial charge in [-0.05, 0) is 19.3 Å². The fraction of sp³-hybridized carbons (Fsp3) is 0.950. The second-order valence-electron chi connectivity index (χ2n) is 6.97. The van der Waals surface area contributed by atoms with Crippen molar-refractivity contribution in [2.75, 3.05) is 79.2 Å². The Morgan fingerprint density at radius 1 is 0.724 bits per heavy atom. The molecule has 0 fully saturated rings. The van der Waals surface area contributed by atoms with Crippen LogP contribution in [0.2, 0.25) is 0 Å². The van der Waals surface area contributed by atoms with Gasteiger partial charge in [0.15, 0.2) is 0 Å². The molecule has 2 N–H and O–H groups in total. The molecular formula is C20H42N2O6S. The Kier molecular flexibility index (Phi) is 21.9. The topological polar surface area (TPSA) is 87.3 Å². The van der Waals surface area contributed by atoms with Gasteiger partial charge in [-0.15, -0.1) is 0 Å². The normalized spacial score (nSPS) is 12.4. The zero-order valence-corrected chi connectivity index (χ0v) is 19.3. The Labute approximate surface area is 182 Å². The van der Waals surface area contributed by atoms with E-state index in [-0.39, 0.29) is 11.3 Å². The summed E-state index contributed by atoms with van der Waals surface area (Å²) >= 11 is 4.21. The van der Waals surface area contributed by atoms with E-state index in [1.54, 1.807) is 0 Å². The van der Waals surface area contributed by atoms with E-state index >= 15 is 0 Å². The van der Waals surface area contributed by atoms with Gasteiger partial charge in [0, 0.05) is 31.5 Å². The van der Waals surface area contributed by atoms with Gasteiger partial charge in [0.05, 0.1) is 59.5 Å². The van der Waals surface area contributed by atoms with Gasteiger partial charge in [0.25, 0.3) is 0 Å². The lowest BCUT2D eigenvalue weighted by atomic mass is 10.1. The van der Waals surface area contributed by atoms with Crippen LogP contribution in [0.4, 0.5) is 0 Å². The summed E-state index contributed by atoms with van der Waals surface area (Å²) < 4.78 is 27.0. The van der Waals surface area contributed by atoms with Crippen molar-refractivity contribution in [2.45, 2.75) is 39.0 Å². The molecule has 0 aromatic heterocycles. The van der Waals surface area contributed by atoms with Gasteiger partial charge in [-0.2, -0.15) is 12.6 Å². The van der Waals surface area contributed by atoms with Gasteiger partial charge in [0.2, 0.25) is 5.91 Å². The molecule has 0 saturated heterocycles. The molecule has 0 saturated carbocycles. The van der Waals surface area contributed by atoms with E-state index in [0.717, 1.165) is 19.6 Å². The summed E-state index contributed by atoms with van der Waals surface area (Å²) in [7, 11) is 0. The van der Waals surface area contributed by atoms with Crippen molar-refractivity contribution in [3.63, 3.8) is 0 Å². The summed E-state index contributed by atoms with van der Waals surface area (Å²) in [6.45, 7) is 13.0. The zero-order chi connectivity index (χ0) is 21.6. The van der Waals surface area contributed by atoms with E-state index < -0.39 is 0 Å². The molecule has 9 heteroatoms. The number of nitrogens with one attached hydrogen (secondary N) is 2. The van der Waals surface area contributed by atoms with Crippen LogP contribution >= 0.6 is 12.6 Å². The van der Waals surface area contributed by atoms with Crippen molar-refractivity contribution in [3.05, 3.63) is 0 Å². The van der Waals surface area contributed by atoms with Crippen molar-refractivity contribution in [1.29, 1.82) is 0 Å². The Bertz CT molecular complexity index is 362. The third-order valence-corrected chi connectivity index (χ3v) is 3.87. The average Bonchev–Trinajstić information content (AvgIpc) is 2.67. The van der Waals surface area contributed by atoms with E-state index in [2.05, 4.69) is 37.1 Å². The molecule has 0 aliphatic rings. The van der Waals surface area contributed by atoms with Crippen LogP contribution in [-0.2, 0) is 28.5 Å². The first-order valence-corrected chi connectivity index (χ1v) is 11.1. The second-order valence-corrected chi connectivity index (χ2v) is 7.75. The van der Waals surface area contributed by atoms with Crippen molar-refractivity contribution < 1.29 is 28.5 Å². The van der Waals surface area contributed by atoms with Gasteiger partial charge in [0.1, 0.15) is 0 Å². The summed E-state index contributed by atoms with van der Waals surface area (Å²) in [6, 6.07) is 0. The van der Waals surface area contributed by atoms with Crippen molar-refractivity contribution in [2.24, 2.45) is 5.92 Å². The predicted octanol–water partition coefficient (Wildman–Crippen LogP) is 1.49. The zero-order valence-electron chi connectivity index (χ0n) is 18.5. The lowest BCUT2D eigenvalue weighted by Gasteiger charge is -2.09. The summed E-state index contributed by atoms with van der Waals surface area (Å²) in [5.74, 6) is 0.614. The Morgan fingerprint density at radius 3 is 1.76 bits per heavy atom. The molecule has 1 atom stereocenters. The van der Waals surface area contributed by atoms with Gasteiger partial charge in [-0.25, -0.2) is 0 Å². The number of carbonyl (C=O) groups excluding carboxylic acids is 1. The molecule has 0 aliphatic heterocycles. The van der Waals surface area contributed by atoms with E-state index in [1.807, 2.05) is 6.92 Å². The lowest BCUT2D eigenvalue weighted by molar-refractivity contribution is -0.122. The molecule has 0 aromatic rings. The molecule has 1 unspecified atom stereocenters. The van der Waals surface area contributed by atoms with Crippen LogP contribution in [0.5, 0.6) is 0 Å². The summed E-state index contributed by atoms with van der Waals surface area (Å²) in [5, 5.41) is 6.14. The molecule has 0 rings (SSSR count). The third-order valence-electron chi connectivity index (χ3n) is 3.68. The first kappa shape index (κ1) is 28.6. The van der Waals surface area contributed by atoms with Crippen molar-refractivity contribution in [1.82, 2.24) is 10.6 Å². The molecule has 0 bridgehead atoms. The molecule has 8 nitrogen and oxygen atoms in total. The van der Waals surface area contributed by atoms with E-state index in [1.165, 1.54) is 0 Å². The number of rotatable bonds is 22. The fourth-order valence-electron chi connectivity index (χ4n) is 2.04. The second kappa shape index (κ2) is 22.3. The van der Waals surface area contributed by atoms with Crippen LogP contribution in [0.1, 0.15) is 33.6 Å². The molecule has 0 aliphatic carbocycles. The Hall–Kier alpha value is -0.420. The average molecular weight is 439 g/mol. The minimum atomic E-state index is -0.0232. The number of carbonyl (C=O) groups is 1. The number of hydrogen-bond acceptors (Lipinski definition) is 8. The first-order chi connectivity index (χ1) is 14.0. The highest BCUT2D eigenvalue weighted by atomic mass is 32.1. The maximum Gasteiger partial charge on any atom is 0.222 e. The molecule has 29 heavy (non-hydrogen) atoms. The fourth-order valence-corrected chi connectivity index (χ4v) is 2.17. The van der Waals surface area contributed by atoms with Gasteiger partial charge in [-0.1, -0.05) is 13.8 Å². The molecule has 0 heterocycles. The van der Waals surface area contributed by atoms with Crippen LogP contribution in [0.25, 0.3) is 0 Å². The summed E-state index contributed by atoms with van der Waals surface area (Å²) in [5.41, 5.74) is 0. The van der Waals surface area contributed by atoms with Gasteiger partial charge >= 0.3 is 0 Å². The smallest absolute Gasteiger partial charge is 0.222 e. The van der Waals surface area contributed by atoms with Crippen molar-refractivity contribution in [3.8, 4) is 0 Å². The third kappa shape index (κ3) is 25.5. The molecule has 0 radical (unpaired) electrons. The monoisotopic (exact) mass is 438 g/mol. The minimum Gasteiger partial charge on any atom is -0.380 e. The van der Waals surface area contributed by atoms with Crippen LogP contribution in [-0.4, -0.2) is 90.4 Å². The molecular weight excluding hydrogens is 396 g/mol. The number of hydrogen-bond donors (Lipinski definition) is 3.